The quantitative estimate of drug-likeness (QED) is 0.701. The predicted octanol–water partition coefficient (Wildman–Crippen LogP) is 3.86. The summed E-state index contributed by atoms with van der Waals surface area (Å²) in [5, 5.41) is 8.51. The van der Waals surface area contributed by atoms with Gasteiger partial charge in [-0.2, -0.15) is 0 Å². The standard InChI is InChI=1S/C21H25N3O2S/c1-5-22-18(25)15-7-6-8-17(13-15)23-20(27)24-19(26)14-9-11-16(12-10-14)21(2,3)4/h6-13H,5H2,1-4H3,(H,22,25)(H2,23,24,26,27). The Bertz CT molecular complexity index is 839. The van der Waals surface area contributed by atoms with Crippen molar-refractivity contribution >= 4 is 34.8 Å². The highest BCUT2D eigenvalue weighted by Crippen LogP contribution is 2.22. The summed E-state index contributed by atoms with van der Waals surface area (Å²) in [5.41, 5.74) is 2.87. The second-order valence-corrected chi connectivity index (χ2v) is 7.58. The molecule has 0 fully saturated rings. The van der Waals surface area contributed by atoms with Gasteiger partial charge in [0.15, 0.2) is 5.11 Å². The minimum atomic E-state index is -0.284. The largest absolute Gasteiger partial charge is 0.352 e. The number of carbonyl (C=O) groups is 2. The fourth-order valence-corrected chi connectivity index (χ4v) is 2.67. The summed E-state index contributed by atoms with van der Waals surface area (Å²) in [6.45, 7) is 8.78. The molecule has 27 heavy (non-hydrogen) atoms. The lowest BCUT2D eigenvalue weighted by Crippen LogP contribution is -2.34. The maximum absolute atomic E-state index is 12.4. The highest BCUT2D eigenvalue weighted by molar-refractivity contribution is 7.80. The molecule has 0 aliphatic carbocycles. The van der Waals surface area contributed by atoms with Crippen LogP contribution < -0.4 is 16.0 Å². The Kier molecular flexibility index (Phi) is 6.69. The molecule has 142 valence electrons. The van der Waals surface area contributed by atoms with Gasteiger partial charge in [0.2, 0.25) is 0 Å². The number of anilines is 1. The average molecular weight is 384 g/mol. The van der Waals surface area contributed by atoms with Crippen LogP contribution >= 0.6 is 12.2 Å². The smallest absolute Gasteiger partial charge is 0.257 e. The maximum atomic E-state index is 12.4. The molecule has 6 heteroatoms. The number of benzene rings is 2. The Morgan fingerprint density at radius 3 is 2.22 bits per heavy atom. The second-order valence-electron chi connectivity index (χ2n) is 7.18. The summed E-state index contributed by atoms with van der Waals surface area (Å²) in [6, 6.07) is 14.4. The highest BCUT2D eigenvalue weighted by atomic mass is 32.1. The van der Waals surface area contributed by atoms with Gasteiger partial charge in [-0.25, -0.2) is 0 Å². The van der Waals surface area contributed by atoms with Crippen LogP contribution in [0.2, 0.25) is 0 Å². The van der Waals surface area contributed by atoms with Crippen LogP contribution in [0.25, 0.3) is 0 Å². The Labute approximate surface area is 165 Å². The Morgan fingerprint density at radius 2 is 1.63 bits per heavy atom. The Morgan fingerprint density at radius 1 is 0.963 bits per heavy atom. The van der Waals surface area contributed by atoms with E-state index in [9.17, 15) is 9.59 Å². The SMILES string of the molecule is CCNC(=O)c1cccc(NC(=S)NC(=O)c2ccc(C(C)(C)C)cc2)c1. The second kappa shape index (κ2) is 8.77. The number of carbonyl (C=O) groups excluding carboxylic acids is 2. The molecular weight excluding hydrogens is 358 g/mol. The summed E-state index contributed by atoms with van der Waals surface area (Å²) in [5.74, 6) is -0.442. The number of hydrogen-bond donors (Lipinski definition) is 3. The van der Waals surface area contributed by atoms with Crippen LogP contribution in [0.3, 0.4) is 0 Å². The molecule has 0 saturated heterocycles. The summed E-state index contributed by atoms with van der Waals surface area (Å²) in [7, 11) is 0. The van der Waals surface area contributed by atoms with E-state index in [1.807, 2.05) is 19.1 Å². The first-order valence-electron chi connectivity index (χ1n) is 8.82. The van der Waals surface area contributed by atoms with Gasteiger partial charge in [-0.3, -0.25) is 14.9 Å². The van der Waals surface area contributed by atoms with Gasteiger partial charge in [-0.05, 0) is 60.5 Å². The van der Waals surface area contributed by atoms with Crippen LogP contribution in [0.1, 0.15) is 54.0 Å². The van der Waals surface area contributed by atoms with Crippen molar-refractivity contribution in [2.45, 2.75) is 33.1 Å². The zero-order chi connectivity index (χ0) is 20.0. The molecule has 0 bridgehead atoms. The van der Waals surface area contributed by atoms with Gasteiger partial charge in [0.1, 0.15) is 0 Å². The number of nitrogens with one attached hydrogen (secondary N) is 3. The van der Waals surface area contributed by atoms with Gasteiger partial charge in [-0.15, -0.1) is 0 Å². The summed E-state index contributed by atoms with van der Waals surface area (Å²) >= 11 is 5.21. The van der Waals surface area contributed by atoms with E-state index in [1.165, 1.54) is 0 Å². The van der Waals surface area contributed by atoms with E-state index in [0.717, 1.165) is 5.56 Å². The molecule has 0 aliphatic heterocycles. The molecular formula is C21H25N3O2S. The molecule has 0 heterocycles. The molecule has 2 amide bonds. The fraction of sp³-hybridized carbons (Fsp3) is 0.286. The summed E-state index contributed by atoms with van der Waals surface area (Å²) in [6.07, 6.45) is 0. The third kappa shape index (κ3) is 5.89. The molecule has 0 unspecified atom stereocenters. The van der Waals surface area contributed by atoms with Crippen molar-refractivity contribution in [1.82, 2.24) is 10.6 Å². The molecule has 2 rings (SSSR count). The predicted molar refractivity (Wildman–Crippen MR) is 113 cm³/mol. The molecule has 0 aliphatic rings. The van der Waals surface area contributed by atoms with Crippen molar-refractivity contribution in [1.29, 1.82) is 0 Å². The van der Waals surface area contributed by atoms with Gasteiger partial charge >= 0.3 is 0 Å². The lowest BCUT2D eigenvalue weighted by Gasteiger charge is -2.19. The Balaban J connectivity index is 2.00. The summed E-state index contributed by atoms with van der Waals surface area (Å²) in [4.78, 5) is 24.3. The van der Waals surface area contributed by atoms with E-state index in [-0.39, 0.29) is 22.3 Å². The van der Waals surface area contributed by atoms with E-state index in [2.05, 4.69) is 36.7 Å². The molecule has 0 aromatic heterocycles. The lowest BCUT2D eigenvalue weighted by atomic mass is 9.87. The normalized spacial score (nSPS) is 10.8. The Hall–Kier alpha value is -2.73. The van der Waals surface area contributed by atoms with Crippen molar-refractivity contribution < 1.29 is 9.59 Å². The van der Waals surface area contributed by atoms with E-state index in [4.69, 9.17) is 12.2 Å². The topological polar surface area (TPSA) is 70.2 Å². The molecule has 0 spiro atoms. The minimum absolute atomic E-state index is 0.0287. The molecule has 0 atom stereocenters. The molecule has 5 nitrogen and oxygen atoms in total. The average Bonchev–Trinajstić information content (AvgIpc) is 2.61. The highest BCUT2D eigenvalue weighted by Gasteiger charge is 2.15. The lowest BCUT2D eigenvalue weighted by molar-refractivity contribution is 0.0953. The van der Waals surface area contributed by atoms with Crippen LogP contribution in [0, 0.1) is 0 Å². The maximum Gasteiger partial charge on any atom is 0.257 e. The zero-order valence-electron chi connectivity index (χ0n) is 16.1. The zero-order valence-corrected chi connectivity index (χ0v) is 16.9. The van der Waals surface area contributed by atoms with Crippen molar-refractivity contribution in [3.8, 4) is 0 Å². The fourth-order valence-electron chi connectivity index (χ4n) is 2.46. The van der Waals surface area contributed by atoms with Crippen molar-refractivity contribution in [2.75, 3.05) is 11.9 Å². The van der Waals surface area contributed by atoms with E-state index < -0.39 is 0 Å². The monoisotopic (exact) mass is 383 g/mol. The van der Waals surface area contributed by atoms with Crippen LogP contribution in [0.4, 0.5) is 5.69 Å². The van der Waals surface area contributed by atoms with Gasteiger partial charge in [0.05, 0.1) is 0 Å². The van der Waals surface area contributed by atoms with E-state index >= 15 is 0 Å². The third-order valence-corrected chi connectivity index (χ3v) is 4.16. The van der Waals surface area contributed by atoms with Gasteiger partial charge in [-0.1, -0.05) is 39.0 Å². The first kappa shape index (κ1) is 20.6. The molecule has 0 radical (unpaired) electrons. The molecule has 0 saturated carbocycles. The van der Waals surface area contributed by atoms with Gasteiger partial charge in [0.25, 0.3) is 11.8 Å². The number of rotatable bonds is 4. The number of thiocarbonyl (C=S) groups is 1. The molecule has 3 N–H and O–H groups in total. The van der Waals surface area contributed by atoms with Crippen molar-refractivity contribution in [3.63, 3.8) is 0 Å². The minimum Gasteiger partial charge on any atom is -0.352 e. The molecule has 2 aromatic carbocycles. The first-order valence-corrected chi connectivity index (χ1v) is 9.22. The number of hydrogen-bond acceptors (Lipinski definition) is 3. The number of amides is 2. The van der Waals surface area contributed by atoms with E-state index in [0.29, 0.717) is 23.4 Å². The van der Waals surface area contributed by atoms with Crippen LogP contribution in [-0.2, 0) is 5.41 Å². The van der Waals surface area contributed by atoms with Crippen LogP contribution in [-0.4, -0.2) is 23.5 Å². The third-order valence-electron chi connectivity index (χ3n) is 3.96. The van der Waals surface area contributed by atoms with Crippen molar-refractivity contribution in [2.24, 2.45) is 0 Å². The van der Waals surface area contributed by atoms with Crippen LogP contribution in [0.15, 0.2) is 48.5 Å². The molecule has 2 aromatic rings. The van der Waals surface area contributed by atoms with Crippen molar-refractivity contribution in [3.05, 3.63) is 65.2 Å². The summed E-state index contributed by atoms with van der Waals surface area (Å²) < 4.78 is 0. The van der Waals surface area contributed by atoms with Gasteiger partial charge < -0.3 is 10.6 Å². The van der Waals surface area contributed by atoms with Crippen LogP contribution in [0.5, 0.6) is 0 Å². The van der Waals surface area contributed by atoms with E-state index in [1.54, 1.807) is 36.4 Å². The van der Waals surface area contributed by atoms with Gasteiger partial charge in [0, 0.05) is 23.4 Å². The first-order chi connectivity index (χ1) is 12.7.